The van der Waals surface area contributed by atoms with Gasteiger partial charge in [0, 0.05) is 6.07 Å². The Morgan fingerprint density at radius 2 is 2.00 bits per heavy atom. The number of nitrogens with two attached hydrogens (primary N) is 1. The first kappa shape index (κ1) is 21.9. The molecule has 0 bridgehead atoms. The molecule has 1 aromatic heterocycles. The SMILES string of the molecule is CC(N)C(=O)OC1CCC2(C)C(CCC3C4=CCC(c5ccc(=O)oc5)C4(C)CCC32)C1. The first-order chi connectivity index (χ1) is 15.2. The molecule has 2 N–H and O–H groups in total. The van der Waals surface area contributed by atoms with E-state index in [0.717, 1.165) is 31.2 Å². The van der Waals surface area contributed by atoms with E-state index in [0.29, 0.717) is 29.1 Å². The van der Waals surface area contributed by atoms with Crippen LogP contribution in [0.15, 0.2) is 39.3 Å². The average molecular weight is 440 g/mol. The third kappa shape index (κ3) is 3.39. The summed E-state index contributed by atoms with van der Waals surface area (Å²) in [6.07, 6.45) is 13.2. The number of carbonyl (C=O) groups excluding carboxylic acids is 1. The number of allylic oxidation sites excluding steroid dienone is 2. The molecule has 0 saturated heterocycles. The molecule has 8 atom stereocenters. The third-order valence-corrected chi connectivity index (χ3v) is 9.80. The van der Waals surface area contributed by atoms with Crippen LogP contribution in [-0.4, -0.2) is 18.1 Å². The Morgan fingerprint density at radius 3 is 2.72 bits per heavy atom. The van der Waals surface area contributed by atoms with Crippen LogP contribution in [-0.2, 0) is 9.53 Å². The fourth-order valence-corrected chi connectivity index (χ4v) is 8.00. The highest BCUT2D eigenvalue weighted by Gasteiger charge is 2.58. The Balaban J connectivity index is 1.34. The van der Waals surface area contributed by atoms with Crippen molar-refractivity contribution in [2.75, 3.05) is 0 Å². The van der Waals surface area contributed by atoms with Crippen LogP contribution in [0.1, 0.15) is 83.6 Å². The predicted molar refractivity (Wildman–Crippen MR) is 123 cm³/mol. The molecular weight excluding hydrogens is 402 g/mol. The van der Waals surface area contributed by atoms with Crippen LogP contribution in [0.5, 0.6) is 0 Å². The quantitative estimate of drug-likeness (QED) is 0.532. The summed E-state index contributed by atoms with van der Waals surface area (Å²) in [5.74, 6) is 2.12. The number of rotatable bonds is 3. The number of hydrogen-bond acceptors (Lipinski definition) is 5. The first-order valence-electron chi connectivity index (χ1n) is 12.5. The zero-order chi connectivity index (χ0) is 22.7. The van der Waals surface area contributed by atoms with Gasteiger partial charge in [0.25, 0.3) is 0 Å². The maximum Gasteiger partial charge on any atom is 0.335 e. The summed E-state index contributed by atoms with van der Waals surface area (Å²) >= 11 is 0. The minimum Gasteiger partial charge on any atom is -0.461 e. The van der Waals surface area contributed by atoms with E-state index in [1.54, 1.807) is 24.8 Å². The largest absolute Gasteiger partial charge is 0.461 e. The van der Waals surface area contributed by atoms with Crippen LogP contribution in [0.3, 0.4) is 0 Å². The van der Waals surface area contributed by atoms with Gasteiger partial charge in [-0.15, -0.1) is 0 Å². The fourth-order valence-electron chi connectivity index (χ4n) is 8.00. The standard InChI is InChI=1S/C27H37NO4/c1-16(28)25(30)32-19-10-12-26(2)18(14-19)5-6-20-22-8-7-21(17-4-9-24(29)31-15-17)27(22,3)13-11-23(20)26/h4,8-9,15-16,18-21,23H,5-7,10-14,28H2,1-3H3. The van der Waals surface area contributed by atoms with Crippen molar-refractivity contribution in [1.29, 1.82) is 0 Å². The van der Waals surface area contributed by atoms with Gasteiger partial charge in [-0.2, -0.15) is 0 Å². The van der Waals surface area contributed by atoms with Gasteiger partial charge in [0.15, 0.2) is 0 Å². The van der Waals surface area contributed by atoms with Gasteiger partial charge in [0.2, 0.25) is 0 Å². The van der Waals surface area contributed by atoms with Crippen LogP contribution in [0, 0.1) is 28.6 Å². The lowest BCUT2D eigenvalue weighted by Crippen LogP contribution is -2.52. The normalized spacial score (nSPS) is 41.6. The van der Waals surface area contributed by atoms with E-state index < -0.39 is 6.04 Å². The second-order valence-corrected chi connectivity index (χ2v) is 11.4. The second kappa shape index (κ2) is 7.86. The zero-order valence-electron chi connectivity index (χ0n) is 19.6. The van der Waals surface area contributed by atoms with E-state index in [1.165, 1.54) is 25.7 Å². The van der Waals surface area contributed by atoms with Crippen LogP contribution in [0.25, 0.3) is 0 Å². The molecule has 3 fully saturated rings. The van der Waals surface area contributed by atoms with Crippen LogP contribution < -0.4 is 11.4 Å². The van der Waals surface area contributed by atoms with E-state index >= 15 is 0 Å². The van der Waals surface area contributed by atoms with Crippen molar-refractivity contribution in [3.05, 3.63) is 46.0 Å². The van der Waals surface area contributed by atoms with Crippen molar-refractivity contribution < 1.29 is 13.9 Å². The molecule has 1 heterocycles. The lowest BCUT2D eigenvalue weighted by atomic mass is 9.46. The molecule has 4 aliphatic rings. The molecule has 5 nitrogen and oxygen atoms in total. The third-order valence-electron chi connectivity index (χ3n) is 9.80. The lowest BCUT2D eigenvalue weighted by molar-refractivity contribution is -0.158. The zero-order valence-corrected chi connectivity index (χ0v) is 19.6. The Bertz CT molecular complexity index is 960. The van der Waals surface area contributed by atoms with E-state index in [4.69, 9.17) is 14.9 Å². The smallest absolute Gasteiger partial charge is 0.335 e. The van der Waals surface area contributed by atoms with Gasteiger partial charge in [0.1, 0.15) is 12.1 Å². The fraction of sp³-hybridized carbons (Fsp3) is 0.704. The molecule has 8 unspecified atom stereocenters. The summed E-state index contributed by atoms with van der Waals surface area (Å²) < 4.78 is 11.0. The van der Waals surface area contributed by atoms with Gasteiger partial charge in [-0.1, -0.05) is 25.5 Å². The molecule has 174 valence electrons. The van der Waals surface area contributed by atoms with E-state index in [1.807, 2.05) is 6.07 Å². The second-order valence-electron chi connectivity index (χ2n) is 11.4. The number of fused-ring (bicyclic) bond motifs is 5. The van der Waals surface area contributed by atoms with Crippen molar-refractivity contribution in [2.45, 2.75) is 90.2 Å². The molecule has 0 spiro atoms. The van der Waals surface area contributed by atoms with Gasteiger partial charge in [0.05, 0.1) is 6.26 Å². The monoisotopic (exact) mass is 439 g/mol. The molecule has 0 aliphatic heterocycles. The molecular formula is C27H37NO4. The van der Waals surface area contributed by atoms with Crippen LogP contribution >= 0.6 is 0 Å². The molecule has 3 saturated carbocycles. The van der Waals surface area contributed by atoms with Crippen molar-refractivity contribution in [3.8, 4) is 0 Å². The topological polar surface area (TPSA) is 82.5 Å². The van der Waals surface area contributed by atoms with Crippen molar-refractivity contribution in [1.82, 2.24) is 0 Å². The molecule has 0 aromatic carbocycles. The maximum absolute atomic E-state index is 12.0. The minimum atomic E-state index is -0.546. The lowest BCUT2D eigenvalue weighted by Gasteiger charge is -2.59. The Kier molecular flexibility index (Phi) is 5.39. The summed E-state index contributed by atoms with van der Waals surface area (Å²) in [4.78, 5) is 23.5. The highest BCUT2D eigenvalue weighted by Crippen LogP contribution is 2.67. The molecule has 0 radical (unpaired) electrons. The minimum absolute atomic E-state index is 0.0276. The average Bonchev–Trinajstić information content (AvgIpc) is 3.11. The van der Waals surface area contributed by atoms with Gasteiger partial charge in [-0.05, 0) is 104 Å². The number of esters is 1. The van der Waals surface area contributed by atoms with E-state index in [9.17, 15) is 9.59 Å². The number of carbonyl (C=O) groups is 1. The van der Waals surface area contributed by atoms with Gasteiger partial charge in [-0.3, -0.25) is 4.79 Å². The van der Waals surface area contributed by atoms with Crippen LogP contribution in [0.4, 0.5) is 0 Å². The highest BCUT2D eigenvalue weighted by molar-refractivity contribution is 5.75. The summed E-state index contributed by atoms with van der Waals surface area (Å²) in [6.45, 7) is 6.65. The Labute approximate surface area is 190 Å². The first-order valence-corrected chi connectivity index (χ1v) is 12.5. The Hall–Kier alpha value is -1.88. The predicted octanol–water partition coefficient (Wildman–Crippen LogP) is 4.95. The molecule has 5 heteroatoms. The molecule has 4 aliphatic carbocycles. The van der Waals surface area contributed by atoms with Crippen molar-refractivity contribution in [2.24, 2.45) is 34.3 Å². The van der Waals surface area contributed by atoms with E-state index in [-0.39, 0.29) is 23.1 Å². The summed E-state index contributed by atoms with van der Waals surface area (Å²) in [6, 6.07) is 2.98. The number of hydrogen-bond donors (Lipinski definition) is 1. The maximum atomic E-state index is 12.0. The van der Waals surface area contributed by atoms with Crippen molar-refractivity contribution >= 4 is 5.97 Å². The van der Waals surface area contributed by atoms with E-state index in [2.05, 4.69) is 19.9 Å². The van der Waals surface area contributed by atoms with Gasteiger partial charge >= 0.3 is 11.6 Å². The van der Waals surface area contributed by atoms with Gasteiger partial charge < -0.3 is 14.9 Å². The van der Waals surface area contributed by atoms with Crippen molar-refractivity contribution in [3.63, 3.8) is 0 Å². The molecule has 1 aromatic rings. The van der Waals surface area contributed by atoms with Crippen LogP contribution in [0.2, 0.25) is 0 Å². The summed E-state index contributed by atoms with van der Waals surface area (Å²) in [5.41, 5.74) is 8.75. The molecule has 5 rings (SSSR count). The summed E-state index contributed by atoms with van der Waals surface area (Å²) in [7, 11) is 0. The summed E-state index contributed by atoms with van der Waals surface area (Å²) in [5, 5.41) is 0. The Morgan fingerprint density at radius 1 is 1.19 bits per heavy atom. The van der Waals surface area contributed by atoms with Gasteiger partial charge in [-0.25, -0.2) is 4.79 Å². The molecule has 32 heavy (non-hydrogen) atoms. The number of ether oxygens (including phenoxy) is 1. The highest BCUT2D eigenvalue weighted by atomic mass is 16.5. The molecule has 0 amide bonds.